The summed E-state index contributed by atoms with van der Waals surface area (Å²) >= 11 is 1.34. The Labute approximate surface area is 116 Å². The summed E-state index contributed by atoms with van der Waals surface area (Å²) in [7, 11) is 0. The van der Waals surface area contributed by atoms with Crippen LogP contribution in [0.25, 0.3) is 0 Å². The van der Waals surface area contributed by atoms with Crippen molar-refractivity contribution in [1.82, 2.24) is 0 Å². The van der Waals surface area contributed by atoms with Crippen LogP contribution in [0.15, 0.2) is 6.07 Å². The van der Waals surface area contributed by atoms with Crippen LogP contribution in [-0.4, -0.2) is 29.7 Å². The first-order chi connectivity index (χ1) is 8.93. The van der Waals surface area contributed by atoms with Gasteiger partial charge in [0.2, 0.25) is 5.91 Å². The Kier molecular flexibility index (Phi) is 5.98. The van der Waals surface area contributed by atoms with E-state index in [4.69, 9.17) is 9.84 Å². The number of amides is 1. The highest BCUT2D eigenvalue weighted by Crippen LogP contribution is 2.28. The van der Waals surface area contributed by atoms with Gasteiger partial charge in [-0.05, 0) is 33.3 Å². The normalized spacial score (nSPS) is 12.0. The molecule has 0 aromatic carbocycles. The predicted octanol–water partition coefficient (Wildman–Crippen LogP) is 2.33. The molecule has 0 spiro atoms. The average Bonchev–Trinajstić information content (AvgIpc) is 2.68. The van der Waals surface area contributed by atoms with E-state index in [9.17, 15) is 9.59 Å². The molecule has 2 N–H and O–H groups in total. The van der Waals surface area contributed by atoms with Gasteiger partial charge in [0.05, 0.1) is 18.3 Å². The lowest BCUT2D eigenvalue weighted by Gasteiger charge is -2.07. The Morgan fingerprint density at radius 3 is 2.79 bits per heavy atom. The van der Waals surface area contributed by atoms with Crippen molar-refractivity contribution >= 4 is 28.2 Å². The number of aliphatic hydroxyl groups excluding tert-OH is 1. The number of anilines is 1. The zero-order valence-corrected chi connectivity index (χ0v) is 12.2. The molecule has 0 saturated carbocycles. The van der Waals surface area contributed by atoms with Crippen LogP contribution in [0.5, 0.6) is 0 Å². The van der Waals surface area contributed by atoms with E-state index in [1.54, 1.807) is 19.9 Å². The lowest BCUT2D eigenvalue weighted by atomic mass is 10.2. The van der Waals surface area contributed by atoms with E-state index in [1.165, 1.54) is 11.3 Å². The standard InChI is InChI=1S/C13H19NO4S/c1-4-18-13(17)10-7-9(3)19-12(10)14-11(16)6-5-8(2)15/h7-8,15H,4-6H2,1-3H3,(H,14,16). The van der Waals surface area contributed by atoms with E-state index in [0.29, 0.717) is 23.6 Å². The minimum absolute atomic E-state index is 0.215. The number of carbonyl (C=O) groups excluding carboxylic acids is 2. The molecular weight excluding hydrogens is 266 g/mol. The summed E-state index contributed by atoms with van der Waals surface area (Å²) in [4.78, 5) is 24.3. The van der Waals surface area contributed by atoms with Gasteiger partial charge in [0, 0.05) is 11.3 Å². The molecule has 1 atom stereocenters. The number of rotatable bonds is 6. The van der Waals surface area contributed by atoms with E-state index in [2.05, 4.69) is 5.32 Å². The van der Waals surface area contributed by atoms with Crippen LogP contribution in [0.2, 0.25) is 0 Å². The number of hydrogen-bond acceptors (Lipinski definition) is 5. The van der Waals surface area contributed by atoms with Crippen molar-refractivity contribution in [3.05, 3.63) is 16.5 Å². The fourth-order valence-electron chi connectivity index (χ4n) is 1.50. The first kappa shape index (κ1) is 15.7. The first-order valence-electron chi connectivity index (χ1n) is 6.19. The number of ether oxygens (including phenoxy) is 1. The molecule has 1 unspecified atom stereocenters. The molecule has 6 heteroatoms. The number of nitrogens with one attached hydrogen (secondary N) is 1. The quantitative estimate of drug-likeness (QED) is 0.787. The molecular formula is C13H19NO4S. The number of aryl methyl sites for hydroxylation is 1. The summed E-state index contributed by atoms with van der Waals surface area (Å²) in [6, 6.07) is 1.70. The predicted molar refractivity (Wildman–Crippen MR) is 74.6 cm³/mol. The summed E-state index contributed by atoms with van der Waals surface area (Å²) < 4.78 is 4.94. The summed E-state index contributed by atoms with van der Waals surface area (Å²) in [6.07, 6.45) is 0.0993. The van der Waals surface area contributed by atoms with Gasteiger partial charge in [0.25, 0.3) is 0 Å². The molecule has 1 heterocycles. The van der Waals surface area contributed by atoms with Crippen LogP contribution in [-0.2, 0) is 9.53 Å². The Morgan fingerprint density at radius 2 is 2.21 bits per heavy atom. The van der Waals surface area contributed by atoms with Crippen molar-refractivity contribution in [3.63, 3.8) is 0 Å². The van der Waals surface area contributed by atoms with Crippen LogP contribution in [0.3, 0.4) is 0 Å². The van der Waals surface area contributed by atoms with Gasteiger partial charge in [-0.25, -0.2) is 4.79 Å². The van der Waals surface area contributed by atoms with Crippen molar-refractivity contribution in [2.75, 3.05) is 11.9 Å². The van der Waals surface area contributed by atoms with Gasteiger partial charge in [0.1, 0.15) is 5.00 Å². The Balaban J connectivity index is 2.72. The van der Waals surface area contributed by atoms with Gasteiger partial charge >= 0.3 is 5.97 Å². The molecule has 1 amide bonds. The number of aliphatic hydroxyl groups is 1. The zero-order chi connectivity index (χ0) is 14.4. The van der Waals surface area contributed by atoms with Gasteiger partial charge < -0.3 is 15.2 Å². The molecule has 0 fully saturated rings. The van der Waals surface area contributed by atoms with E-state index in [-0.39, 0.29) is 12.3 Å². The minimum Gasteiger partial charge on any atom is -0.462 e. The fourth-order valence-corrected chi connectivity index (χ4v) is 2.41. The van der Waals surface area contributed by atoms with Crippen molar-refractivity contribution in [3.8, 4) is 0 Å². The van der Waals surface area contributed by atoms with Crippen LogP contribution in [0, 0.1) is 6.92 Å². The molecule has 5 nitrogen and oxygen atoms in total. The van der Waals surface area contributed by atoms with Crippen LogP contribution in [0.1, 0.15) is 41.9 Å². The van der Waals surface area contributed by atoms with Crippen LogP contribution < -0.4 is 5.32 Å². The number of esters is 1. The largest absolute Gasteiger partial charge is 0.462 e. The van der Waals surface area contributed by atoms with Crippen LogP contribution in [0.4, 0.5) is 5.00 Å². The van der Waals surface area contributed by atoms with Crippen molar-refractivity contribution in [2.45, 2.75) is 39.7 Å². The second kappa shape index (κ2) is 7.25. The fraction of sp³-hybridized carbons (Fsp3) is 0.538. The summed E-state index contributed by atoms with van der Waals surface area (Å²) in [6.45, 7) is 5.52. The first-order valence-corrected chi connectivity index (χ1v) is 7.01. The molecule has 1 rings (SSSR count). The third-order valence-electron chi connectivity index (χ3n) is 2.39. The summed E-state index contributed by atoms with van der Waals surface area (Å²) in [5, 5.41) is 12.3. The van der Waals surface area contributed by atoms with Gasteiger partial charge in [-0.15, -0.1) is 11.3 Å². The van der Waals surface area contributed by atoms with Gasteiger partial charge in [-0.2, -0.15) is 0 Å². The SMILES string of the molecule is CCOC(=O)c1cc(C)sc1NC(=O)CCC(C)O. The molecule has 19 heavy (non-hydrogen) atoms. The molecule has 0 radical (unpaired) electrons. The lowest BCUT2D eigenvalue weighted by molar-refractivity contribution is -0.116. The van der Waals surface area contributed by atoms with Crippen LogP contribution >= 0.6 is 11.3 Å². The average molecular weight is 285 g/mol. The zero-order valence-electron chi connectivity index (χ0n) is 11.4. The molecule has 1 aromatic rings. The topological polar surface area (TPSA) is 75.6 Å². The van der Waals surface area contributed by atoms with Crippen molar-refractivity contribution < 1.29 is 19.4 Å². The van der Waals surface area contributed by atoms with Gasteiger partial charge in [0.15, 0.2) is 0 Å². The van der Waals surface area contributed by atoms with Crippen molar-refractivity contribution in [1.29, 1.82) is 0 Å². The monoisotopic (exact) mass is 285 g/mol. The lowest BCUT2D eigenvalue weighted by Crippen LogP contribution is -2.15. The highest BCUT2D eigenvalue weighted by molar-refractivity contribution is 7.16. The smallest absolute Gasteiger partial charge is 0.341 e. The molecule has 0 aliphatic heterocycles. The molecule has 106 valence electrons. The summed E-state index contributed by atoms with van der Waals surface area (Å²) in [5.74, 6) is -0.647. The van der Waals surface area contributed by atoms with E-state index >= 15 is 0 Å². The Bertz CT molecular complexity index is 453. The minimum atomic E-state index is -0.514. The van der Waals surface area contributed by atoms with Gasteiger partial charge in [-0.3, -0.25) is 4.79 Å². The number of thiophene rings is 1. The molecule has 0 aliphatic carbocycles. The number of carbonyl (C=O) groups is 2. The second-order valence-electron chi connectivity index (χ2n) is 4.26. The maximum atomic E-state index is 11.7. The van der Waals surface area contributed by atoms with E-state index < -0.39 is 12.1 Å². The third-order valence-corrected chi connectivity index (χ3v) is 3.36. The molecule has 0 bridgehead atoms. The maximum absolute atomic E-state index is 11.7. The molecule has 0 aliphatic rings. The Morgan fingerprint density at radius 1 is 1.53 bits per heavy atom. The van der Waals surface area contributed by atoms with E-state index in [0.717, 1.165) is 4.88 Å². The van der Waals surface area contributed by atoms with Gasteiger partial charge in [-0.1, -0.05) is 0 Å². The Hall–Kier alpha value is -1.40. The third kappa shape index (κ3) is 5.00. The second-order valence-corrected chi connectivity index (χ2v) is 5.51. The summed E-state index contributed by atoms with van der Waals surface area (Å²) in [5.41, 5.74) is 0.384. The molecule has 1 aromatic heterocycles. The van der Waals surface area contributed by atoms with Crippen molar-refractivity contribution in [2.24, 2.45) is 0 Å². The number of hydrogen-bond donors (Lipinski definition) is 2. The highest BCUT2D eigenvalue weighted by Gasteiger charge is 2.17. The highest BCUT2D eigenvalue weighted by atomic mass is 32.1. The van der Waals surface area contributed by atoms with E-state index in [1.807, 2.05) is 6.92 Å². The maximum Gasteiger partial charge on any atom is 0.341 e. The molecule has 0 saturated heterocycles.